The van der Waals surface area contributed by atoms with Crippen LogP contribution in [0, 0.1) is 11.8 Å². The van der Waals surface area contributed by atoms with Crippen LogP contribution in [0.5, 0.6) is 0 Å². The third-order valence-electron chi connectivity index (χ3n) is 3.50. The van der Waals surface area contributed by atoms with Gasteiger partial charge in [0.05, 0.1) is 0 Å². The molecule has 2 aliphatic carbocycles. The highest BCUT2D eigenvalue weighted by Crippen LogP contribution is 2.53. The Bertz CT molecular complexity index is 298. The second kappa shape index (κ2) is 3.76. The summed E-state index contributed by atoms with van der Waals surface area (Å²) in [6, 6.07) is 0. The van der Waals surface area contributed by atoms with Crippen LogP contribution in [0.4, 0.5) is 0 Å². The summed E-state index contributed by atoms with van der Waals surface area (Å²) in [7, 11) is 0. The van der Waals surface area contributed by atoms with Crippen molar-refractivity contribution in [2.75, 3.05) is 0 Å². The minimum Gasteiger partial charge on any atom is -0.103 e. The highest BCUT2D eigenvalue weighted by Gasteiger charge is 2.41. The van der Waals surface area contributed by atoms with Gasteiger partial charge in [0, 0.05) is 0 Å². The van der Waals surface area contributed by atoms with E-state index in [-0.39, 0.29) is 0 Å². The SMILES string of the molecule is C=CCC1CC1C(C(C)=CC)=C1CC1. The standard InChI is InChI=1S/C14H20/c1-4-6-12-9-13(12)14(10(3)5-2)11-7-8-11/h4-5,12-13H,1,6-9H2,2-3H3. The summed E-state index contributed by atoms with van der Waals surface area (Å²) in [5.41, 5.74) is 4.96. The van der Waals surface area contributed by atoms with Crippen molar-refractivity contribution in [3.8, 4) is 0 Å². The van der Waals surface area contributed by atoms with E-state index in [9.17, 15) is 0 Å². The highest BCUT2D eigenvalue weighted by molar-refractivity contribution is 5.43. The minimum atomic E-state index is 0.877. The van der Waals surface area contributed by atoms with E-state index in [2.05, 4.69) is 32.6 Å². The van der Waals surface area contributed by atoms with E-state index in [0.717, 1.165) is 11.8 Å². The molecule has 0 aliphatic heterocycles. The summed E-state index contributed by atoms with van der Waals surface area (Å²) in [5.74, 6) is 1.78. The second-order valence-corrected chi connectivity index (χ2v) is 4.62. The quantitative estimate of drug-likeness (QED) is 0.578. The molecule has 0 aromatic carbocycles. The van der Waals surface area contributed by atoms with Gasteiger partial charge in [-0.1, -0.05) is 23.3 Å². The van der Waals surface area contributed by atoms with Crippen LogP contribution in [0.3, 0.4) is 0 Å². The Morgan fingerprint density at radius 2 is 2.21 bits per heavy atom. The Balaban J connectivity index is 2.08. The van der Waals surface area contributed by atoms with Crippen molar-refractivity contribution < 1.29 is 0 Å². The zero-order valence-corrected chi connectivity index (χ0v) is 9.34. The maximum atomic E-state index is 3.83. The summed E-state index contributed by atoms with van der Waals surface area (Å²) in [4.78, 5) is 0. The van der Waals surface area contributed by atoms with Gasteiger partial charge in [-0.25, -0.2) is 0 Å². The molecule has 0 radical (unpaired) electrons. The molecule has 14 heavy (non-hydrogen) atoms. The van der Waals surface area contributed by atoms with E-state index < -0.39 is 0 Å². The molecule has 0 bridgehead atoms. The Kier molecular flexibility index (Phi) is 2.62. The molecule has 0 aromatic rings. The van der Waals surface area contributed by atoms with Gasteiger partial charge in [0.15, 0.2) is 0 Å². The molecular formula is C14H20. The van der Waals surface area contributed by atoms with Crippen LogP contribution in [-0.4, -0.2) is 0 Å². The second-order valence-electron chi connectivity index (χ2n) is 4.62. The lowest BCUT2D eigenvalue weighted by Crippen LogP contribution is -1.91. The fraction of sp³-hybridized carbons (Fsp3) is 0.571. The largest absolute Gasteiger partial charge is 0.103 e. The van der Waals surface area contributed by atoms with Gasteiger partial charge < -0.3 is 0 Å². The highest BCUT2D eigenvalue weighted by atomic mass is 14.5. The molecule has 2 unspecified atom stereocenters. The Hall–Kier alpha value is -0.780. The molecule has 0 saturated heterocycles. The van der Waals surface area contributed by atoms with Gasteiger partial charge in [-0.05, 0) is 56.9 Å². The molecule has 2 fully saturated rings. The van der Waals surface area contributed by atoms with Crippen LogP contribution >= 0.6 is 0 Å². The van der Waals surface area contributed by atoms with Crippen molar-refractivity contribution in [1.29, 1.82) is 0 Å². The number of allylic oxidation sites excluding steroid dienone is 5. The molecular weight excluding hydrogens is 168 g/mol. The van der Waals surface area contributed by atoms with Gasteiger partial charge in [-0.15, -0.1) is 6.58 Å². The normalized spacial score (nSPS) is 30.1. The van der Waals surface area contributed by atoms with E-state index in [1.165, 1.54) is 31.3 Å². The molecule has 2 atom stereocenters. The first-order valence-corrected chi connectivity index (χ1v) is 5.74. The van der Waals surface area contributed by atoms with Crippen LogP contribution in [0.15, 0.2) is 35.5 Å². The van der Waals surface area contributed by atoms with Gasteiger partial charge in [-0.3, -0.25) is 0 Å². The zero-order valence-electron chi connectivity index (χ0n) is 9.34. The predicted molar refractivity (Wildman–Crippen MR) is 62.1 cm³/mol. The van der Waals surface area contributed by atoms with Crippen molar-refractivity contribution in [2.24, 2.45) is 11.8 Å². The molecule has 0 amide bonds. The summed E-state index contributed by atoms with van der Waals surface area (Å²) >= 11 is 0. The Morgan fingerprint density at radius 3 is 2.71 bits per heavy atom. The maximum Gasteiger partial charge on any atom is -0.0125 e. The van der Waals surface area contributed by atoms with E-state index in [0.29, 0.717) is 0 Å². The first-order valence-electron chi connectivity index (χ1n) is 5.74. The fourth-order valence-electron chi connectivity index (χ4n) is 2.40. The van der Waals surface area contributed by atoms with E-state index in [1.54, 1.807) is 11.1 Å². The minimum absolute atomic E-state index is 0.877. The van der Waals surface area contributed by atoms with Crippen LogP contribution in [0.2, 0.25) is 0 Å². The predicted octanol–water partition coefficient (Wildman–Crippen LogP) is 4.26. The smallest absolute Gasteiger partial charge is 0.0125 e. The van der Waals surface area contributed by atoms with Gasteiger partial charge in [-0.2, -0.15) is 0 Å². The van der Waals surface area contributed by atoms with Gasteiger partial charge in [0.1, 0.15) is 0 Å². The lowest BCUT2D eigenvalue weighted by Gasteiger charge is -2.06. The van der Waals surface area contributed by atoms with Crippen molar-refractivity contribution in [2.45, 2.75) is 39.5 Å². The van der Waals surface area contributed by atoms with E-state index in [4.69, 9.17) is 0 Å². The average Bonchev–Trinajstić information content (AvgIpc) is 3.03. The van der Waals surface area contributed by atoms with Gasteiger partial charge >= 0.3 is 0 Å². The van der Waals surface area contributed by atoms with Gasteiger partial charge in [0.2, 0.25) is 0 Å². The summed E-state index contributed by atoms with van der Waals surface area (Å²) in [6.45, 7) is 8.25. The van der Waals surface area contributed by atoms with Crippen LogP contribution < -0.4 is 0 Å². The van der Waals surface area contributed by atoms with Crippen molar-refractivity contribution in [3.05, 3.63) is 35.5 Å². The zero-order chi connectivity index (χ0) is 10.1. The molecule has 2 saturated carbocycles. The summed E-state index contributed by atoms with van der Waals surface area (Å²) < 4.78 is 0. The third-order valence-corrected chi connectivity index (χ3v) is 3.50. The first-order chi connectivity index (χ1) is 6.77. The molecule has 0 heteroatoms. The fourth-order valence-corrected chi connectivity index (χ4v) is 2.40. The van der Waals surface area contributed by atoms with Crippen molar-refractivity contribution >= 4 is 0 Å². The van der Waals surface area contributed by atoms with Crippen LogP contribution in [-0.2, 0) is 0 Å². The number of rotatable bonds is 4. The Morgan fingerprint density at radius 1 is 1.50 bits per heavy atom. The molecule has 0 N–H and O–H groups in total. The van der Waals surface area contributed by atoms with Crippen molar-refractivity contribution in [1.82, 2.24) is 0 Å². The third kappa shape index (κ3) is 1.84. The summed E-state index contributed by atoms with van der Waals surface area (Å²) in [5, 5.41) is 0. The molecule has 0 heterocycles. The lowest BCUT2D eigenvalue weighted by atomic mass is 9.99. The molecule has 0 spiro atoms. The van der Waals surface area contributed by atoms with E-state index >= 15 is 0 Å². The average molecular weight is 188 g/mol. The van der Waals surface area contributed by atoms with Crippen molar-refractivity contribution in [3.63, 3.8) is 0 Å². The monoisotopic (exact) mass is 188 g/mol. The summed E-state index contributed by atoms with van der Waals surface area (Å²) in [6.07, 6.45) is 9.67. The number of hydrogen-bond acceptors (Lipinski definition) is 0. The molecule has 76 valence electrons. The lowest BCUT2D eigenvalue weighted by molar-refractivity contribution is 0.784. The molecule has 0 nitrogen and oxygen atoms in total. The molecule has 2 rings (SSSR count). The van der Waals surface area contributed by atoms with Gasteiger partial charge in [0.25, 0.3) is 0 Å². The molecule has 2 aliphatic rings. The maximum absolute atomic E-state index is 3.83. The van der Waals surface area contributed by atoms with E-state index in [1.807, 2.05) is 0 Å². The Labute approximate surface area is 87.4 Å². The topological polar surface area (TPSA) is 0 Å². The van der Waals surface area contributed by atoms with Crippen LogP contribution in [0.1, 0.15) is 39.5 Å². The first kappa shape index (κ1) is 9.76. The molecule has 0 aromatic heterocycles. The van der Waals surface area contributed by atoms with Crippen LogP contribution in [0.25, 0.3) is 0 Å². The number of hydrogen-bond donors (Lipinski definition) is 0.